The number of halogens is 1. The predicted octanol–water partition coefficient (Wildman–Crippen LogP) is 4.18. The summed E-state index contributed by atoms with van der Waals surface area (Å²) in [6, 6.07) is 0. The van der Waals surface area contributed by atoms with Crippen molar-refractivity contribution in [1.82, 2.24) is 0 Å². The molecule has 1 rings (SSSR count). The van der Waals surface area contributed by atoms with Crippen molar-refractivity contribution in [1.29, 1.82) is 0 Å². The summed E-state index contributed by atoms with van der Waals surface area (Å²) in [6.07, 6.45) is 6.96. The van der Waals surface area contributed by atoms with Crippen LogP contribution in [0.5, 0.6) is 0 Å². The molecule has 0 N–H and O–H groups in total. The van der Waals surface area contributed by atoms with Crippen LogP contribution in [0, 0.1) is 0 Å². The zero-order valence-corrected chi connectivity index (χ0v) is 11.0. The molecule has 92 valence electrons. The smallest absolute Gasteiger partial charge is 0.335 e. The van der Waals surface area contributed by atoms with Crippen molar-refractivity contribution in [3.8, 4) is 0 Å². The minimum absolute atomic E-state index is 0.160. The van der Waals surface area contributed by atoms with Crippen LogP contribution in [0.2, 0.25) is 0 Å². The molecule has 0 saturated heterocycles. The van der Waals surface area contributed by atoms with Gasteiger partial charge in [0.05, 0.1) is 10.6 Å². The molecule has 16 heavy (non-hydrogen) atoms. The van der Waals surface area contributed by atoms with Crippen molar-refractivity contribution in [2.45, 2.75) is 64.9 Å². The normalized spacial score (nSPS) is 20.4. The van der Waals surface area contributed by atoms with E-state index in [1.165, 1.54) is 12.8 Å². The summed E-state index contributed by atoms with van der Waals surface area (Å²) in [5.74, 6) is -0.194. The number of hydrogen-bond acceptors (Lipinski definition) is 2. The minimum Gasteiger partial charge on any atom is -0.453 e. The lowest BCUT2D eigenvalue weighted by Crippen LogP contribution is -2.09. The molecule has 0 aromatic rings. The van der Waals surface area contributed by atoms with Crippen molar-refractivity contribution in [3.63, 3.8) is 0 Å². The molecular weight excluding hydrogens is 224 g/mol. The van der Waals surface area contributed by atoms with E-state index in [9.17, 15) is 4.79 Å². The summed E-state index contributed by atoms with van der Waals surface area (Å²) >= 11 is 6.19. The fourth-order valence-electron chi connectivity index (χ4n) is 1.88. The first-order valence-corrected chi connectivity index (χ1v) is 6.68. The third kappa shape index (κ3) is 3.51. The van der Waals surface area contributed by atoms with Crippen molar-refractivity contribution >= 4 is 17.6 Å². The van der Waals surface area contributed by atoms with Gasteiger partial charge in [0.15, 0.2) is 0 Å². The van der Waals surface area contributed by atoms with Crippen LogP contribution in [-0.2, 0) is 9.53 Å². The van der Waals surface area contributed by atoms with Crippen LogP contribution in [0.3, 0.4) is 0 Å². The van der Waals surface area contributed by atoms with Crippen molar-refractivity contribution < 1.29 is 9.53 Å². The number of cyclic esters (lactones) is 1. The summed E-state index contributed by atoms with van der Waals surface area (Å²) in [7, 11) is 0. The predicted molar refractivity (Wildman–Crippen MR) is 66.4 cm³/mol. The van der Waals surface area contributed by atoms with Crippen LogP contribution in [0.4, 0.5) is 0 Å². The summed E-state index contributed by atoms with van der Waals surface area (Å²) in [4.78, 5) is 11.6. The Hall–Kier alpha value is -0.500. The second kappa shape index (κ2) is 6.95. The molecule has 0 fully saturated rings. The highest BCUT2D eigenvalue weighted by Crippen LogP contribution is 2.32. The van der Waals surface area contributed by atoms with Gasteiger partial charge in [-0.2, -0.15) is 0 Å². The lowest BCUT2D eigenvalue weighted by atomic mass is 10.1. The maximum absolute atomic E-state index is 11.6. The number of carbonyl (C=O) groups is 1. The Labute approximate surface area is 103 Å². The Morgan fingerprint density at radius 3 is 2.50 bits per heavy atom. The molecule has 0 spiro atoms. The van der Waals surface area contributed by atoms with Crippen LogP contribution >= 0.6 is 11.6 Å². The van der Waals surface area contributed by atoms with E-state index < -0.39 is 0 Å². The number of ether oxygens (including phenoxy) is 1. The number of hydrogen-bond donors (Lipinski definition) is 0. The zero-order chi connectivity index (χ0) is 12.0. The number of rotatable bonds is 7. The van der Waals surface area contributed by atoms with Gasteiger partial charge in [-0.25, -0.2) is 4.79 Å². The Morgan fingerprint density at radius 1 is 1.19 bits per heavy atom. The van der Waals surface area contributed by atoms with Gasteiger partial charge in [-0.3, -0.25) is 0 Å². The quantitative estimate of drug-likeness (QED) is 0.496. The lowest BCUT2D eigenvalue weighted by molar-refractivity contribution is -0.140. The second-order valence-corrected chi connectivity index (χ2v) is 4.73. The van der Waals surface area contributed by atoms with Crippen molar-refractivity contribution in [2.24, 2.45) is 0 Å². The first-order valence-electron chi connectivity index (χ1n) is 6.30. The van der Waals surface area contributed by atoms with E-state index in [2.05, 4.69) is 13.8 Å². The highest BCUT2D eigenvalue weighted by atomic mass is 35.5. The first-order chi connectivity index (χ1) is 7.70. The van der Waals surface area contributed by atoms with E-state index in [0.717, 1.165) is 32.1 Å². The van der Waals surface area contributed by atoms with Gasteiger partial charge in [-0.15, -0.1) is 0 Å². The molecule has 0 saturated carbocycles. The van der Waals surface area contributed by atoms with Gasteiger partial charge in [0, 0.05) is 0 Å². The van der Waals surface area contributed by atoms with E-state index in [1.807, 2.05) is 0 Å². The Morgan fingerprint density at radius 2 is 1.88 bits per heavy atom. The minimum atomic E-state index is -0.194. The van der Waals surface area contributed by atoms with Gasteiger partial charge in [-0.1, -0.05) is 44.7 Å². The molecule has 2 nitrogen and oxygen atoms in total. The molecule has 1 heterocycles. The molecule has 0 aromatic carbocycles. The molecule has 0 amide bonds. The number of esters is 1. The van der Waals surface area contributed by atoms with E-state index in [-0.39, 0.29) is 12.1 Å². The third-order valence-electron chi connectivity index (χ3n) is 2.92. The fraction of sp³-hybridized carbons (Fsp3) is 0.769. The molecule has 0 bridgehead atoms. The molecule has 1 aliphatic rings. The van der Waals surface area contributed by atoms with Crippen LogP contribution < -0.4 is 0 Å². The van der Waals surface area contributed by atoms with Gasteiger partial charge in [-0.05, 0) is 25.7 Å². The summed E-state index contributed by atoms with van der Waals surface area (Å²) in [6.45, 7) is 4.26. The monoisotopic (exact) mass is 244 g/mol. The SMILES string of the molecule is CCCCCC1OC(=O)C(CCCC)=C1Cl. The maximum atomic E-state index is 11.6. The summed E-state index contributed by atoms with van der Waals surface area (Å²) < 4.78 is 5.28. The average molecular weight is 245 g/mol. The standard InChI is InChI=1S/C13H21ClO2/c1-3-5-7-9-11-12(14)10(8-6-4-2)13(15)16-11/h11H,3-9H2,1-2H3. The van der Waals surface area contributed by atoms with Crippen LogP contribution in [0.1, 0.15) is 58.8 Å². The molecule has 0 aromatic heterocycles. The summed E-state index contributed by atoms with van der Waals surface area (Å²) in [5.41, 5.74) is 0.713. The van der Waals surface area contributed by atoms with E-state index in [1.54, 1.807) is 0 Å². The maximum Gasteiger partial charge on any atom is 0.335 e. The highest BCUT2D eigenvalue weighted by molar-refractivity contribution is 6.33. The van der Waals surface area contributed by atoms with Gasteiger partial charge >= 0.3 is 5.97 Å². The molecule has 1 atom stereocenters. The van der Waals surface area contributed by atoms with Crippen LogP contribution in [0.25, 0.3) is 0 Å². The molecule has 1 aliphatic heterocycles. The van der Waals surface area contributed by atoms with Gasteiger partial charge in [0.25, 0.3) is 0 Å². The fourth-order valence-corrected chi connectivity index (χ4v) is 2.21. The second-order valence-electron chi connectivity index (χ2n) is 4.32. The average Bonchev–Trinajstić information content (AvgIpc) is 2.53. The van der Waals surface area contributed by atoms with Crippen LogP contribution in [-0.4, -0.2) is 12.1 Å². The number of unbranched alkanes of at least 4 members (excludes halogenated alkanes) is 3. The third-order valence-corrected chi connectivity index (χ3v) is 3.39. The largest absolute Gasteiger partial charge is 0.453 e. The van der Waals surface area contributed by atoms with E-state index >= 15 is 0 Å². The molecule has 3 heteroatoms. The van der Waals surface area contributed by atoms with Crippen molar-refractivity contribution in [3.05, 3.63) is 10.6 Å². The topological polar surface area (TPSA) is 26.3 Å². The number of carbonyl (C=O) groups excluding carboxylic acids is 1. The highest BCUT2D eigenvalue weighted by Gasteiger charge is 2.31. The Bertz CT molecular complexity index is 271. The lowest BCUT2D eigenvalue weighted by Gasteiger charge is -2.08. The first kappa shape index (κ1) is 13.6. The van der Waals surface area contributed by atoms with E-state index in [4.69, 9.17) is 16.3 Å². The molecule has 1 unspecified atom stereocenters. The molecular formula is C13H21ClO2. The van der Waals surface area contributed by atoms with Gasteiger partial charge in [0.1, 0.15) is 6.10 Å². The van der Waals surface area contributed by atoms with Crippen LogP contribution in [0.15, 0.2) is 10.6 Å². The van der Waals surface area contributed by atoms with E-state index in [0.29, 0.717) is 10.6 Å². The Balaban J connectivity index is 2.50. The van der Waals surface area contributed by atoms with Gasteiger partial charge < -0.3 is 4.74 Å². The summed E-state index contributed by atoms with van der Waals surface area (Å²) in [5, 5.41) is 0.662. The van der Waals surface area contributed by atoms with Crippen molar-refractivity contribution in [2.75, 3.05) is 0 Å². The molecule has 0 radical (unpaired) electrons. The molecule has 0 aliphatic carbocycles. The Kier molecular flexibility index (Phi) is 5.89. The zero-order valence-electron chi connectivity index (χ0n) is 10.2. The van der Waals surface area contributed by atoms with Gasteiger partial charge in [0.2, 0.25) is 0 Å².